The zero-order valence-corrected chi connectivity index (χ0v) is 13.9. The molecule has 0 saturated heterocycles. The van der Waals surface area contributed by atoms with Crippen molar-refractivity contribution < 1.29 is 14.3 Å². The number of hydrogen-bond donors (Lipinski definition) is 1. The first-order chi connectivity index (χ1) is 12.2. The van der Waals surface area contributed by atoms with Gasteiger partial charge in [-0.25, -0.2) is 0 Å². The smallest absolute Gasteiger partial charge is 0.265 e. The van der Waals surface area contributed by atoms with E-state index in [0.29, 0.717) is 17.2 Å². The minimum absolute atomic E-state index is 0.208. The molecule has 0 saturated carbocycles. The van der Waals surface area contributed by atoms with Gasteiger partial charge < -0.3 is 14.8 Å². The maximum Gasteiger partial charge on any atom is 0.265 e. The highest BCUT2D eigenvalue weighted by atomic mass is 16.5. The standard InChI is InChI=1S/C21H19NO3/c1-16(24-18-8-4-2-5-9-18)21(23)22-17-12-14-20(15-13-17)25-19-10-6-3-7-11-19/h2-16H,1H3,(H,22,23). The van der Waals surface area contributed by atoms with Gasteiger partial charge in [0.05, 0.1) is 0 Å². The van der Waals surface area contributed by atoms with Gasteiger partial charge in [0.2, 0.25) is 0 Å². The Balaban J connectivity index is 1.56. The number of benzene rings is 3. The van der Waals surface area contributed by atoms with E-state index in [-0.39, 0.29) is 5.91 Å². The molecule has 1 amide bonds. The van der Waals surface area contributed by atoms with E-state index >= 15 is 0 Å². The number of nitrogens with one attached hydrogen (secondary N) is 1. The van der Waals surface area contributed by atoms with Gasteiger partial charge >= 0.3 is 0 Å². The molecule has 3 aromatic carbocycles. The predicted molar refractivity (Wildman–Crippen MR) is 98.1 cm³/mol. The predicted octanol–water partition coefficient (Wildman–Crippen LogP) is 4.88. The van der Waals surface area contributed by atoms with Crippen LogP contribution in [0.4, 0.5) is 5.69 Å². The third kappa shape index (κ3) is 4.85. The van der Waals surface area contributed by atoms with Gasteiger partial charge in [0.25, 0.3) is 5.91 Å². The number of amides is 1. The highest BCUT2D eigenvalue weighted by Crippen LogP contribution is 2.22. The molecule has 0 heterocycles. The second-order valence-corrected chi connectivity index (χ2v) is 5.50. The summed E-state index contributed by atoms with van der Waals surface area (Å²) in [5.74, 6) is 1.93. The number of hydrogen-bond acceptors (Lipinski definition) is 3. The number of rotatable bonds is 6. The molecule has 0 aromatic heterocycles. The van der Waals surface area contributed by atoms with E-state index in [1.807, 2.05) is 72.8 Å². The van der Waals surface area contributed by atoms with Crippen molar-refractivity contribution in [3.8, 4) is 17.2 Å². The Kier molecular flexibility index (Phi) is 5.32. The van der Waals surface area contributed by atoms with Crippen LogP contribution in [0.3, 0.4) is 0 Å². The quantitative estimate of drug-likeness (QED) is 0.699. The molecule has 3 rings (SSSR count). The molecule has 0 bridgehead atoms. The molecule has 1 unspecified atom stereocenters. The average molecular weight is 333 g/mol. The van der Waals surface area contributed by atoms with Gasteiger partial charge in [-0.05, 0) is 55.5 Å². The Bertz CT molecular complexity index is 802. The molecule has 1 atom stereocenters. The monoisotopic (exact) mass is 333 g/mol. The SMILES string of the molecule is CC(Oc1ccccc1)C(=O)Nc1ccc(Oc2ccccc2)cc1. The van der Waals surface area contributed by atoms with Crippen molar-refractivity contribution in [3.63, 3.8) is 0 Å². The van der Waals surface area contributed by atoms with Crippen LogP contribution >= 0.6 is 0 Å². The summed E-state index contributed by atoms with van der Waals surface area (Å²) >= 11 is 0. The molecular weight excluding hydrogens is 314 g/mol. The average Bonchev–Trinajstić information content (AvgIpc) is 2.65. The van der Waals surface area contributed by atoms with E-state index in [1.165, 1.54) is 0 Å². The lowest BCUT2D eigenvalue weighted by Crippen LogP contribution is -2.30. The Hall–Kier alpha value is -3.27. The van der Waals surface area contributed by atoms with Crippen molar-refractivity contribution in [1.82, 2.24) is 0 Å². The molecule has 3 aromatic rings. The highest BCUT2D eigenvalue weighted by Gasteiger charge is 2.14. The van der Waals surface area contributed by atoms with Crippen molar-refractivity contribution in [1.29, 1.82) is 0 Å². The van der Waals surface area contributed by atoms with Crippen molar-refractivity contribution in [3.05, 3.63) is 84.9 Å². The fraction of sp³-hybridized carbons (Fsp3) is 0.0952. The molecule has 0 aliphatic carbocycles. The summed E-state index contributed by atoms with van der Waals surface area (Å²) in [5, 5.41) is 2.83. The molecule has 4 heteroatoms. The maximum absolute atomic E-state index is 12.2. The Morgan fingerprint density at radius 1 is 0.760 bits per heavy atom. The first-order valence-corrected chi connectivity index (χ1v) is 8.06. The third-order valence-electron chi connectivity index (χ3n) is 3.53. The van der Waals surface area contributed by atoms with Gasteiger partial charge in [-0.15, -0.1) is 0 Å². The van der Waals surface area contributed by atoms with E-state index in [2.05, 4.69) is 5.32 Å². The molecule has 0 spiro atoms. The lowest BCUT2D eigenvalue weighted by Gasteiger charge is -2.15. The molecule has 126 valence electrons. The Morgan fingerprint density at radius 2 is 1.28 bits per heavy atom. The molecule has 0 fully saturated rings. The molecule has 1 N–H and O–H groups in total. The van der Waals surface area contributed by atoms with Gasteiger partial charge in [-0.2, -0.15) is 0 Å². The highest BCUT2D eigenvalue weighted by molar-refractivity contribution is 5.94. The maximum atomic E-state index is 12.2. The first kappa shape index (κ1) is 16.6. The Morgan fingerprint density at radius 3 is 1.88 bits per heavy atom. The van der Waals surface area contributed by atoms with E-state index in [1.54, 1.807) is 19.1 Å². The molecule has 0 aliphatic rings. The second kappa shape index (κ2) is 8.02. The minimum atomic E-state index is -0.595. The van der Waals surface area contributed by atoms with Crippen LogP contribution in [0.5, 0.6) is 17.2 Å². The fourth-order valence-corrected chi connectivity index (χ4v) is 2.23. The number of carbonyl (C=O) groups excluding carboxylic acids is 1. The molecule has 25 heavy (non-hydrogen) atoms. The summed E-state index contributed by atoms with van der Waals surface area (Å²) in [4.78, 5) is 12.2. The third-order valence-corrected chi connectivity index (χ3v) is 3.53. The number of para-hydroxylation sites is 2. The molecular formula is C21H19NO3. The molecule has 0 radical (unpaired) electrons. The number of anilines is 1. The van der Waals surface area contributed by atoms with Crippen LogP contribution in [0, 0.1) is 0 Å². The normalized spacial score (nSPS) is 11.4. The van der Waals surface area contributed by atoms with Crippen molar-refractivity contribution in [2.45, 2.75) is 13.0 Å². The van der Waals surface area contributed by atoms with Gasteiger partial charge in [-0.1, -0.05) is 36.4 Å². The van der Waals surface area contributed by atoms with Crippen molar-refractivity contribution in [2.75, 3.05) is 5.32 Å². The van der Waals surface area contributed by atoms with Crippen LogP contribution in [-0.4, -0.2) is 12.0 Å². The van der Waals surface area contributed by atoms with Gasteiger partial charge in [0.1, 0.15) is 17.2 Å². The topological polar surface area (TPSA) is 47.6 Å². The Labute approximate surface area is 147 Å². The molecule has 4 nitrogen and oxygen atoms in total. The van der Waals surface area contributed by atoms with Crippen molar-refractivity contribution in [2.24, 2.45) is 0 Å². The van der Waals surface area contributed by atoms with Crippen LogP contribution in [0.15, 0.2) is 84.9 Å². The minimum Gasteiger partial charge on any atom is -0.481 e. The number of carbonyl (C=O) groups is 1. The van der Waals surface area contributed by atoms with E-state index in [0.717, 1.165) is 5.75 Å². The zero-order chi connectivity index (χ0) is 17.5. The lowest BCUT2D eigenvalue weighted by molar-refractivity contribution is -0.122. The van der Waals surface area contributed by atoms with Crippen molar-refractivity contribution >= 4 is 11.6 Å². The van der Waals surface area contributed by atoms with E-state index in [4.69, 9.17) is 9.47 Å². The van der Waals surface area contributed by atoms with Crippen LogP contribution in [-0.2, 0) is 4.79 Å². The molecule has 0 aliphatic heterocycles. The second-order valence-electron chi connectivity index (χ2n) is 5.50. The van der Waals surface area contributed by atoms with Gasteiger partial charge in [0.15, 0.2) is 6.10 Å². The summed E-state index contributed by atoms with van der Waals surface area (Å²) in [6, 6.07) is 26.0. The largest absolute Gasteiger partial charge is 0.481 e. The zero-order valence-electron chi connectivity index (χ0n) is 13.9. The first-order valence-electron chi connectivity index (χ1n) is 8.06. The van der Waals surface area contributed by atoms with E-state index < -0.39 is 6.10 Å². The van der Waals surface area contributed by atoms with Crippen LogP contribution < -0.4 is 14.8 Å². The van der Waals surface area contributed by atoms with Crippen LogP contribution in [0.2, 0.25) is 0 Å². The number of ether oxygens (including phenoxy) is 2. The van der Waals surface area contributed by atoms with Crippen LogP contribution in [0.1, 0.15) is 6.92 Å². The summed E-state index contributed by atoms with van der Waals surface area (Å²) in [5.41, 5.74) is 0.689. The summed E-state index contributed by atoms with van der Waals surface area (Å²) in [6.07, 6.45) is -0.595. The van der Waals surface area contributed by atoms with Gasteiger partial charge in [-0.3, -0.25) is 4.79 Å². The summed E-state index contributed by atoms with van der Waals surface area (Å²) in [6.45, 7) is 1.72. The fourth-order valence-electron chi connectivity index (χ4n) is 2.23. The van der Waals surface area contributed by atoms with E-state index in [9.17, 15) is 4.79 Å². The van der Waals surface area contributed by atoms with Crippen LogP contribution in [0.25, 0.3) is 0 Å². The summed E-state index contributed by atoms with van der Waals surface area (Å²) < 4.78 is 11.3. The van der Waals surface area contributed by atoms with Gasteiger partial charge in [0, 0.05) is 5.69 Å². The summed E-state index contributed by atoms with van der Waals surface area (Å²) in [7, 11) is 0. The lowest BCUT2D eigenvalue weighted by atomic mass is 10.2.